The van der Waals surface area contributed by atoms with E-state index in [4.69, 9.17) is 23.6 Å². The maximum atomic E-state index is 12.6. The molecule has 0 aromatic carbocycles. The number of hydrogen-bond donors (Lipinski definition) is 3. The number of rotatable bonds is 48. The molecule has 0 aliphatic rings. The first-order chi connectivity index (χ1) is 29.7. The van der Waals surface area contributed by atoms with Crippen molar-refractivity contribution in [2.75, 3.05) is 26.4 Å². The van der Waals surface area contributed by atoms with Gasteiger partial charge in [-0.1, -0.05) is 199 Å². The first kappa shape index (κ1) is 59.5. The van der Waals surface area contributed by atoms with Gasteiger partial charge in [-0.2, -0.15) is 0 Å². The van der Waals surface area contributed by atoms with Gasteiger partial charge in [0.1, 0.15) is 12.7 Å². The number of phosphoric ester groups is 1. The van der Waals surface area contributed by atoms with E-state index in [1.807, 2.05) is 0 Å². The third kappa shape index (κ3) is 46.3. The number of aliphatic hydroxyl groups is 2. The van der Waals surface area contributed by atoms with Gasteiger partial charge in [0.15, 0.2) is 6.10 Å². The Hall–Kier alpha value is -1.55. The molecule has 0 saturated heterocycles. The minimum absolute atomic E-state index is 0.176. The van der Waals surface area contributed by atoms with Crippen LogP contribution in [0.2, 0.25) is 0 Å². The predicted octanol–water partition coefficient (Wildman–Crippen LogP) is 14.1. The Morgan fingerprint density at radius 3 is 1.25 bits per heavy atom. The number of ether oxygens (including phenoxy) is 2. The van der Waals surface area contributed by atoms with Crippen LogP contribution in [0.15, 0.2) is 24.3 Å². The molecule has 0 bridgehead atoms. The van der Waals surface area contributed by atoms with E-state index in [0.29, 0.717) is 12.8 Å². The molecule has 61 heavy (non-hydrogen) atoms. The number of hydrogen-bond acceptors (Lipinski definition) is 9. The number of carbonyl (C=O) groups is 2. The van der Waals surface area contributed by atoms with Crippen LogP contribution < -0.4 is 0 Å². The molecule has 360 valence electrons. The van der Waals surface area contributed by atoms with Crippen molar-refractivity contribution in [2.24, 2.45) is 0 Å². The molecule has 10 nitrogen and oxygen atoms in total. The lowest BCUT2D eigenvalue weighted by atomic mass is 10.0. The van der Waals surface area contributed by atoms with Crippen LogP contribution in [0, 0.1) is 0 Å². The molecule has 0 saturated carbocycles. The Kier molecular flexibility index (Phi) is 45.3. The van der Waals surface area contributed by atoms with Gasteiger partial charge in [0.2, 0.25) is 0 Å². The van der Waals surface area contributed by atoms with Gasteiger partial charge < -0.3 is 24.6 Å². The second kappa shape index (κ2) is 46.4. The molecule has 0 aromatic heterocycles. The Labute approximate surface area is 374 Å². The molecule has 0 spiro atoms. The molecule has 11 heteroatoms. The van der Waals surface area contributed by atoms with Crippen molar-refractivity contribution >= 4 is 19.8 Å². The standard InChI is InChI=1S/C50H95O10P/c1-3-5-7-9-11-13-15-17-19-20-21-22-23-24-25-26-28-29-31-33-35-37-39-41-49(53)57-45-48(46-59-61(55,56)58-44-47(52)43-51)60-50(54)42-40-38-36-34-32-30-27-18-16-14-12-10-8-6-4-2/h14,16,33,35,47-48,51-52H,3-13,15,17-32,34,36-46H2,1-2H3,(H,55,56)/b16-14+,35-33+/t47-,48+/m1/s1. The highest BCUT2D eigenvalue weighted by atomic mass is 31.2. The largest absolute Gasteiger partial charge is 0.472 e. The SMILES string of the molecule is CCCCCC/C=C/CCCCCCCCCC(=O)O[C@@H](COC(=O)CCC/C=C/CCCCCCCCCCCCCCCCCCCC)COP(=O)(O)OC[C@H](O)CO. The zero-order chi connectivity index (χ0) is 44.8. The highest BCUT2D eigenvalue weighted by molar-refractivity contribution is 7.47. The van der Waals surface area contributed by atoms with Crippen LogP contribution in [0.4, 0.5) is 0 Å². The van der Waals surface area contributed by atoms with Gasteiger partial charge in [-0.15, -0.1) is 0 Å². The van der Waals surface area contributed by atoms with Crippen LogP contribution in [0.3, 0.4) is 0 Å². The number of aliphatic hydroxyl groups excluding tert-OH is 2. The summed E-state index contributed by atoms with van der Waals surface area (Å²) in [5.74, 6) is -0.957. The summed E-state index contributed by atoms with van der Waals surface area (Å²) in [6.45, 7) is 2.37. The van der Waals surface area contributed by atoms with E-state index in [0.717, 1.165) is 38.5 Å². The molecule has 0 fully saturated rings. The molecule has 0 aliphatic carbocycles. The van der Waals surface area contributed by atoms with Crippen LogP contribution in [0.25, 0.3) is 0 Å². The Morgan fingerprint density at radius 1 is 0.475 bits per heavy atom. The van der Waals surface area contributed by atoms with Gasteiger partial charge in [-0.25, -0.2) is 4.57 Å². The summed E-state index contributed by atoms with van der Waals surface area (Å²) in [7, 11) is -4.63. The minimum atomic E-state index is -4.63. The lowest BCUT2D eigenvalue weighted by Crippen LogP contribution is -2.29. The van der Waals surface area contributed by atoms with Crippen LogP contribution >= 0.6 is 7.82 Å². The second-order valence-electron chi connectivity index (χ2n) is 17.2. The first-order valence-electron chi connectivity index (χ1n) is 25.3. The molecular weight excluding hydrogens is 792 g/mol. The number of unbranched alkanes of at least 4 members (excludes halogenated alkanes) is 30. The molecule has 0 radical (unpaired) electrons. The molecule has 0 amide bonds. The van der Waals surface area contributed by atoms with E-state index in [1.54, 1.807) is 0 Å². The molecule has 0 aromatic rings. The van der Waals surface area contributed by atoms with Crippen molar-refractivity contribution in [2.45, 2.75) is 257 Å². The zero-order valence-electron chi connectivity index (χ0n) is 39.4. The van der Waals surface area contributed by atoms with Gasteiger partial charge in [-0.05, 0) is 57.8 Å². The number of allylic oxidation sites excluding steroid dienone is 4. The minimum Gasteiger partial charge on any atom is -0.462 e. The van der Waals surface area contributed by atoms with E-state index in [-0.39, 0.29) is 19.4 Å². The molecule has 0 heterocycles. The van der Waals surface area contributed by atoms with Crippen molar-refractivity contribution in [3.8, 4) is 0 Å². The van der Waals surface area contributed by atoms with E-state index in [2.05, 4.69) is 38.2 Å². The third-order valence-electron chi connectivity index (χ3n) is 11.1. The Morgan fingerprint density at radius 2 is 0.820 bits per heavy atom. The predicted molar refractivity (Wildman–Crippen MR) is 252 cm³/mol. The van der Waals surface area contributed by atoms with E-state index < -0.39 is 51.8 Å². The summed E-state index contributed by atoms with van der Waals surface area (Å²) in [6, 6.07) is 0. The molecule has 0 rings (SSSR count). The summed E-state index contributed by atoms with van der Waals surface area (Å²) in [5.41, 5.74) is 0. The second-order valence-corrected chi connectivity index (χ2v) is 18.6. The van der Waals surface area contributed by atoms with Gasteiger partial charge in [0, 0.05) is 12.8 Å². The third-order valence-corrected chi connectivity index (χ3v) is 12.0. The Bertz CT molecular complexity index is 1070. The average molecular weight is 887 g/mol. The van der Waals surface area contributed by atoms with E-state index >= 15 is 0 Å². The fourth-order valence-electron chi connectivity index (χ4n) is 7.17. The van der Waals surface area contributed by atoms with Crippen molar-refractivity contribution in [1.29, 1.82) is 0 Å². The molecular formula is C50H95O10P. The fraction of sp³-hybridized carbons (Fsp3) is 0.880. The maximum Gasteiger partial charge on any atom is 0.472 e. The molecule has 3 N–H and O–H groups in total. The zero-order valence-corrected chi connectivity index (χ0v) is 40.3. The topological polar surface area (TPSA) is 149 Å². The quantitative estimate of drug-likeness (QED) is 0.0233. The fourth-order valence-corrected chi connectivity index (χ4v) is 7.96. The van der Waals surface area contributed by atoms with Crippen LogP contribution in [0.1, 0.15) is 245 Å². The van der Waals surface area contributed by atoms with Gasteiger partial charge in [0.25, 0.3) is 0 Å². The number of esters is 2. The number of carbonyl (C=O) groups excluding carboxylic acids is 2. The van der Waals surface area contributed by atoms with Crippen LogP contribution in [-0.4, -0.2) is 65.7 Å². The number of phosphoric acid groups is 1. The maximum absolute atomic E-state index is 12.6. The molecule has 3 atom stereocenters. The molecule has 1 unspecified atom stereocenters. The normalized spacial score (nSPS) is 13.9. The van der Waals surface area contributed by atoms with Crippen molar-refractivity contribution < 1.29 is 47.8 Å². The lowest BCUT2D eigenvalue weighted by Gasteiger charge is -2.20. The smallest absolute Gasteiger partial charge is 0.462 e. The summed E-state index contributed by atoms with van der Waals surface area (Å²) in [5, 5.41) is 18.4. The summed E-state index contributed by atoms with van der Waals surface area (Å²) in [6.07, 6.45) is 48.8. The van der Waals surface area contributed by atoms with Crippen molar-refractivity contribution in [1.82, 2.24) is 0 Å². The van der Waals surface area contributed by atoms with E-state index in [9.17, 15) is 24.2 Å². The van der Waals surface area contributed by atoms with Crippen molar-refractivity contribution in [3.63, 3.8) is 0 Å². The van der Waals surface area contributed by atoms with Crippen LogP contribution in [-0.2, 0) is 32.7 Å². The monoisotopic (exact) mass is 887 g/mol. The average Bonchev–Trinajstić information content (AvgIpc) is 3.25. The first-order valence-corrected chi connectivity index (χ1v) is 26.8. The highest BCUT2D eigenvalue weighted by Crippen LogP contribution is 2.43. The van der Waals surface area contributed by atoms with Gasteiger partial charge in [-0.3, -0.25) is 18.6 Å². The van der Waals surface area contributed by atoms with Crippen molar-refractivity contribution in [3.05, 3.63) is 24.3 Å². The summed E-state index contributed by atoms with van der Waals surface area (Å²) >= 11 is 0. The summed E-state index contributed by atoms with van der Waals surface area (Å²) in [4.78, 5) is 35.1. The molecule has 0 aliphatic heterocycles. The summed E-state index contributed by atoms with van der Waals surface area (Å²) < 4.78 is 32.8. The Balaban J connectivity index is 4.16. The van der Waals surface area contributed by atoms with Gasteiger partial charge >= 0.3 is 19.8 Å². The highest BCUT2D eigenvalue weighted by Gasteiger charge is 2.27. The lowest BCUT2D eigenvalue weighted by molar-refractivity contribution is -0.161. The van der Waals surface area contributed by atoms with E-state index in [1.165, 1.54) is 167 Å². The van der Waals surface area contributed by atoms with Gasteiger partial charge in [0.05, 0.1) is 19.8 Å². The van der Waals surface area contributed by atoms with Crippen LogP contribution in [0.5, 0.6) is 0 Å².